The summed E-state index contributed by atoms with van der Waals surface area (Å²) in [6.07, 6.45) is 0. The molecule has 4 nitrogen and oxygen atoms in total. The maximum atomic E-state index is 9.52. The van der Waals surface area contributed by atoms with Crippen molar-refractivity contribution in [3.8, 4) is 11.5 Å². The van der Waals surface area contributed by atoms with Crippen LogP contribution in [0.25, 0.3) is 0 Å². The number of aliphatic hydroxyl groups excluding tert-OH is 1. The molecule has 23 heavy (non-hydrogen) atoms. The van der Waals surface area contributed by atoms with Crippen molar-refractivity contribution in [1.29, 1.82) is 0 Å². The molecule has 1 aliphatic rings. The van der Waals surface area contributed by atoms with Crippen LogP contribution >= 0.6 is 0 Å². The summed E-state index contributed by atoms with van der Waals surface area (Å²) in [6.45, 7) is 4.22. The monoisotopic (exact) mass is 313 g/mol. The first-order valence-electron chi connectivity index (χ1n) is 7.96. The molecular formula is C19H23NO3. The van der Waals surface area contributed by atoms with Gasteiger partial charge in [-0.3, -0.25) is 0 Å². The quantitative estimate of drug-likeness (QED) is 0.824. The molecule has 1 unspecified atom stereocenters. The van der Waals surface area contributed by atoms with Crippen LogP contribution in [0, 0.1) is 5.41 Å². The summed E-state index contributed by atoms with van der Waals surface area (Å²) < 4.78 is 11.3. The number of nitrogens with one attached hydrogen (secondary N) is 1. The minimum atomic E-state index is -0.135. The Morgan fingerprint density at radius 3 is 2.48 bits per heavy atom. The summed E-state index contributed by atoms with van der Waals surface area (Å²) in [7, 11) is 0. The van der Waals surface area contributed by atoms with Gasteiger partial charge in [-0.1, -0.05) is 36.4 Å². The first-order chi connectivity index (χ1) is 11.2. The lowest BCUT2D eigenvalue weighted by Gasteiger charge is -2.40. The van der Waals surface area contributed by atoms with Crippen molar-refractivity contribution in [2.24, 2.45) is 5.41 Å². The molecule has 1 fully saturated rings. The standard InChI is InChI=1S/C19H23NO3/c1-15(20-11-19(12-21)13-22-14-19)17-9-5-6-10-18(17)23-16-7-3-2-4-8-16/h2-10,15,20-21H,11-14H2,1H3. The minimum Gasteiger partial charge on any atom is -0.457 e. The first kappa shape index (κ1) is 16.0. The SMILES string of the molecule is CC(NCC1(CO)COC1)c1ccccc1Oc1ccccc1. The lowest BCUT2D eigenvalue weighted by molar-refractivity contribution is -0.135. The third kappa shape index (κ3) is 3.72. The number of hydrogen-bond acceptors (Lipinski definition) is 4. The van der Waals surface area contributed by atoms with Gasteiger partial charge in [0.25, 0.3) is 0 Å². The van der Waals surface area contributed by atoms with Crippen LogP contribution < -0.4 is 10.1 Å². The van der Waals surface area contributed by atoms with Gasteiger partial charge in [-0.25, -0.2) is 0 Å². The Morgan fingerprint density at radius 1 is 1.13 bits per heavy atom. The Labute approximate surface area is 137 Å². The van der Waals surface area contributed by atoms with Crippen molar-refractivity contribution in [2.75, 3.05) is 26.4 Å². The fraction of sp³-hybridized carbons (Fsp3) is 0.368. The third-order valence-corrected chi connectivity index (χ3v) is 4.29. The zero-order chi connectivity index (χ0) is 16.1. The van der Waals surface area contributed by atoms with Crippen molar-refractivity contribution >= 4 is 0 Å². The summed E-state index contributed by atoms with van der Waals surface area (Å²) in [5, 5.41) is 13.0. The molecule has 2 aromatic rings. The molecule has 2 aromatic carbocycles. The van der Waals surface area contributed by atoms with Crippen molar-refractivity contribution < 1.29 is 14.6 Å². The van der Waals surface area contributed by atoms with E-state index in [1.807, 2.05) is 48.5 Å². The highest BCUT2D eigenvalue weighted by Crippen LogP contribution is 2.31. The maximum absolute atomic E-state index is 9.52. The molecular weight excluding hydrogens is 290 g/mol. The maximum Gasteiger partial charge on any atom is 0.132 e. The summed E-state index contributed by atoms with van der Waals surface area (Å²) in [6, 6.07) is 17.9. The van der Waals surface area contributed by atoms with E-state index in [0.29, 0.717) is 13.2 Å². The van der Waals surface area contributed by atoms with Crippen LogP contribution in [-0.2, 0) is 4.74 Å². The number of hydrogen-bond donors (Lipinski definition) is 2. The second-order valence-electron chi connectivity index (χ2n) is 6.21. The number of benzene rings is 2. The van der Waals surface area contributed by atoms with Gasteiger partial charge in [-0.2, -0.15) is 0 Å². The highest BCUT2D eigenvalue weighted by Gasteiger charge is 2.38. The smallest absolute Gasteiger partial charge is 0.132 e. The van der Waals surface area contributed by atoms with Gasteiger partial charge in [-0.15, -0.1) is 0 Å². The second-order valence-corrected chi connectivity index (χ2v) is 6.21. The van der Waals surface area contributed by atoms with Crippen LogP contribution in [0.15, 0.2) is 54.6 Å². The summed E-state index contributed by atoms with van der Waals surface area (Å²) in [5.74, 6) is 1.67. The van der Waals surface area contributed by atoms with E-state index in [2.05, 4.69) is 18.3 Å². The highest BCUT2D eigenvalue weighted by atomic mass is 16.5. The molecule has 0 aliphatic carbocycles. The normalized spacial score (nSPS) is 17.3. The molecule has 0 spiro atoms. The number of para-hydroxylation sites is 2. The zero-order valence-electron chi connectivity index (χ0n) is 13.4. The largest absolute Gasteiger partial charge is 0.457 e. The Balaban J connectivity index is 1.69. The van der Waals surface area contributed by atoms with Crippen LogP contribution in [0.2, 0.25) is 0 Å². The Kier molecular flexibility index (Phi) is 4.96. The molecule has 0 saturated carbocycles. The molecule has 0 amide bonds. The topological polar surface area (TPSA) is 50.7 Å². The van der Waals surface area contributed by atoms with Crippen LogP contribution in [-0.4, -0.2) is 31.5 Å². The van der Waals surface area contributed by atoms with Gasteiger partial charge in [0.2, 0.25) is 0 Å². The van der Waals surface area contributed by atoms with Gasteiger partial charge in [-0.05, 0) is 25.1 Å². The lowest BCUT2D eigenvalue weighted by Crippen LogP contribution is -2.52. The van der Waals surface area contributed by atoms with Crippen LogP contribution in [0.3, 0.4) is 0 Å². The van der Waals surface area contributed by atoms with Crippen LogP contribution in [0.5, 0.6) is 11.5 Å². The number of ether oxygens (including phenoxy) is 2. The van der Waals surface area contributed by atoms with E-state index in [1.54, 1.807) is 0 Å². The fourth-order valence-corrected chi connectivity index (χ4v) is 2.67. The fourth-order valence-electron chi connectivity index (χ4n) is 2.67. The molecule has 0 bridgehead atoms. The molecule has 1 aliphatic heterocycles. The average molecular weight is 313 g/mol. The van der Waals surface area contributed by atoms with Gasteiger partial charge in [0.15, 0.2) is 0 Å². The average Bonchev–Trinajstić information content (AvgIpc) is 2.55. The first-order valence-corrected chi connectivity index (χ1v) is 7.96. The van der Waals surface area contributed by atoms with Crippen molar-refractivity contribution in [3.63, 3.8) is 0 Å². The second kappa shape index (κ2) is 7.13. The van der Waals surface area contributed by atoms with Crippen molar-refractivity contribution in [1.82, 2.24) is 5.32 Å². The van der Waals surface area contributed by atoms with E-state index in [-0.39, 0.29) is 18.1 Å². The van der Waals surface area contributed by atoms with E-state index in [9.17, 15) is 5.11 Å². The van der Waals surface area contributed by atoms with Gasteiger partial charge in [0.05, 0.1) is 25.2 Å². The zero-order valence-corrected chi connectivity index (χ0v) is 13.4. The van der Waals surface area contributed by atoms with Crippen molar-refractivity contribution in [3.05, 3.63) is 60.2 Å². The predicted molar refractivity (Wildman–Crippen MR) is 89.7 cm³/mol. The third-order valence-electron chi connectivity index (χ3n) is 4.29. The molecule has 1 heterocycles. The van der Waals surface area contributed by atoms with Gasteiger partial charge in [0, 0.05) is 18.2 Å². The Hall–Kier alpha value is -1.88. The van der Waals surface area contributed by atoms with E-state index in [1.165, 1.54) is 0 Å². The molecule has 3 rings (SSSR count). The summed E-state index contributed by atoms with van der Waals surface area (Å²) >= 11 is 0. The Bertz CT molecular complexity index is 620. The molecule has 4 heteroatoms. The number of rotatable bonds is 7. The Morgan fingerprint density at radius 2 is 1.83 bits per heavy atom. The summed E-state index contributed by atoms with van der Waals surface area (Å²) in [5.41, 5.74) is 0.966. The number of aliphatic hydroxyl groups is 1. The van der Waals surface area contributed by atoms with Gasteiger partial charge in [0.1, 0.15) is 11.5 Å². The van der Waals surface area contributed by atoms with Gasteiger partial charge < -0.3 is 19.9 Å². The van der Waals surface area contributed by atoms with E-state index < -0.39 is 0 Å². The van der Waals surface area contributed by atoms with Crippen LogP contribution in [0.1, 0.15) is 18.5 Å². The molecule has 1 saturated heterocycles. The minimum absolute atomic E-state index is 0.124. The molecule has 0 radical (unpaired) electrons. The molecule has 1 atom stereocenters. The highest BCUT2D eigenvalue weighted by molar-refractivity contribution is 5.39. The van der Waals surface area contributed by atoms with Gasteiger partial charge >= 0.3 is 0 Å². The lowest BCUT2D eigenvalue weighted by atomic mass is 9.86. The summed E-state index contributed by atoms with van der Waals surface area (Å²) in [4.78, 5) is 0. The predicted octanol–water partition coefficient (Wildman–Crippen LogP) is 3.14. The molecule has 0 aromatic heterocycles. The van der Waals surface area contributed by atoms with E-state index in [4.69, 9.17) is 9.47 Å². The van der Waals surface area contributed by atoms with E-state index in [0.717, 1.165) is 23.6 Å². The van der Waals surface area contributed by atoms with Crippen LogP contribution in [0.4, 0.5) is 0 Å². The molecule has 2 N–H and O–H groups in total. The van der Waals surface area contributed by atoms with E-state index >= 15 is 0 Å². The van der Waals surface area contributed by atoms with Crippen molar-refractivity contribution in [2.45, 2.75) is 13.0 Å². The molecule has 122 valence electrons.